The molecule has 3 N–H and O–H groups in total. The standard InChI is InChI=1S/C21H14ClF3N2O4.C2H6/c22-18-10-5-14(11-17(18)21(23,24)25)27-20(30)26-13-3-8-16(9-4-13)31-15-6-1-12(2-7-15)19(28)29;1-2/h1-11H,(H,28,29)(H2,26,27,30);1-2H3. The first-order valence-electron chi connectivity index (χ1n) is 9.68. The summed E-state index contributed by atoms with van der Waals surface area (Å²) in [5, 5.41) is 13.2. The van der Waals surface area contributed by atoms with Crippen LogP contribution in [0.5, 0.6) is 11.5 Å². The van der Waals surface area contributed by atoms with E-state index in [0.29, 0.717) is 17.2 Å². The van der Waals surface area contributed by atoms with Crippen LogP contribution in [-0.2, 0) is 6.18 Å². The third-order valence-corrected chi connectivity index (χ3v) is 4.31. The van der Waals surface area contributed by atoms with Crippen molar-refractivity contribution >= 4 is 35.0 Å². The molecule has 3 aromatic carbocycles. The zero-order valence-electron chi connectivity index (χ0n) is 17.5. The summed E-state index contributed by atoms with van der Waals surface area (Å²) in [6.07, 6.45) is -4.64. The third kappa shape index (κ3) is 7.43. The molecule has 0 heterocycles. The van der Waals surface area contributed by atoms with Crippen molar-refractivity contribution in [3.8, 4) is 11.5 Å². The molecule has 0 aliphatic carbocycles. The molecule has 0 aromatic heterocycles. The molecular weight excluding hydrogens is 461 g/mol. The van der Waals surface area contributed by atoms with Gasteiger partial charge in [-0.15, -0.1) is 0 Å². The van der Waals surface area contributed by atoms with E-state index in [9.17, 15) is 22.8 Å². The zero-order valence-corrected chi connectivity index (χ0v) is 18.3. The Morgan fingerprint density at radius 3 is 1.85 bits per heavy atom. The summed E-state index contributed by atoms with van der Waals surface area (Å²) < 4.78 is 44.3. The van der Waals surface area contributed by atoms with Crippen LogP contribution in [0.25, 0.3) is 0 Å². The van der Waals surface area contributed by atoms with Crippen LogP contribution in [0.15, 0.2) is 66.7 Å². The number of alkyl halides is 3. The van der Waals surface area contributed by atoms with Crippen LogP contribution in [0.2, 0.25) is 5.02 Å². The van der Waals surface area contributed by atoms with E-state index in [-0.39, 0.29) is 11.3 Å². The Morgan fingerprint density at radius 1 is 0.848 bits per heavy atom. The first-order chi connectivity index (χ1) is 15.6. The summed E-state index contributed by atoms with van der Waals surface area (Å²) >= 11 is 5.56. The molecule has 0 atom stereocenters. The van der Waals surface area contributed by atoms with E-state index >= 15 is 0 Å². The number of aromatic carboxylic acids is 1. The number of carboxylic acid groups (broad SMARTS) is 1. The molecule has 0 fully saturated rings. The molecule has 0 unspecified atom stereocenters. The molecule has 3 aromatic rings. The van der Waals surface area contributed by atoms with Gasteiger partial charge in [-0.25, -0.2) is 9.59 Å². The fraction of sp³-hybridized carbons (Fsp3) is 0.130. The maximum Gasteiger partial charge on any atom is 0.417 e. The van der Waals surface area contributed by atoms with Crippen molar-refractivity contribution in [3.05, 3.63) is 82.9 Å². The number of rotatable bonds is 5. The van der Waals surface area contributed by atoms with Gasteiger partial charge in [0, 0.05) is 11.4 Å². The summed E-state index contributed by atoms with van der Waals surface area (Å²) in [7, 11) is 0. The normalized spacial score (nSPS) is 10.5. The molecule has 10 heteroatoms. The van der Waals surface area contributed by atoms with Gasteiger partial charge in [0.05, 0.1) is 16.1 Å². The Labute approximate surface area is 193 Å². The molecule has 0 bridgehead atoms. The van der Waals surface area contributed by atoms with Gasteiger partial charge >= 0.3 is 18.2 Å². The lowest BCUT2D eigenvalue weighted by Gasteiger charge is -2.12. The predicted octanol–water partition coefficient (Wildman–Crippen LogP) is 7.52. The van der Waals surface area contributed by atoms with Crippen molar-refractivity contribution in [3.63, 3.8) is 0 Å². The van der Waals surface area contributed by atoms with Gasteiger partial charge in [0.25, 0.3) is 0 Å². The van der Waals surface area contributed by atoms with Gasteiger partial charge in [-0.1, -0.05) is 25.4 Å². The van der Waals surface area contributed by atoms with Gasteiger partial charge in [-0.3, -0.25) is 0 Å². The highest BCUT2D eigenvalue weighted by molar-refractivity contribution is 6.31. The second-order valence-electron chi connectivity index (χ2n) is 6.23. The molecule has 0 aliphatic heterocycles. The number of anilines is 2. The average Bonchev–Trinajstić information content (AvgIpc) is 2.77. The highest BCUT2D eigenvalue weighted by atomic mass is 35.5. The second kappa shape index (κ2) is 11.2. The predicted molar refractivity (Wildman–Crippen MR) is 120 cm³/mol. The van der Waals surface area contributed by atoms with E-state index < -0.39 is 28.8 Å². The lowest BCUT2D eigenvalue weighted by molar-refractivity contribution is -0.137. The number of carbonyl (C=O) groups is 2. The molecule has 0 saturated heterocycles. The second-order valence-corrected chi connectivity index (χ2v) is 6.63. The monoisotopic (exact) mass is 480 g/mol. The summed E-state index contributed by atoms with van der Waals surface area (Å²) in [6, 6.07) is 14.3. The van der Waals surface area contributed by atoms with Crippen molar-refractivity contribution in [2.75, 3.05) is 10.6 Å². The van der Waals surface area contributed by atoms with E-state index in [2.05, 4.69) is 10.6 Å². The maximum absolute atomic E-state index is 12.9. The molecular formula is C23H20ClF3N2O4. The molecule has 2 amide bonds. The van der Waals surface area contributed by atoms with Crippen molar-refractivity contribution in [2.24, 2.45) is 0 Å². The summed E-state index contributed by atoms with van der Waals surface area (Å²) in [5.41, 5.74) is -0.624. The maximum atomic E-state index is 12.9. The number of hydrogen-bond acceptors (Lipinski definition) is 3. The Hall–Kier alpha value is -3.72. The quantitative estimate of drug-likeness (QED) is 0.352. The molecule has 6 nitrogen and oxygen atoms in total. The molecule has 174 valence electrons. The topological polar surface area (TPSA) is 87.7 Å². The van der Waals surface area contributed by atoms with Crippen LogP contribution in [0.4, 0.5) is 29.3 Å². The molecule has 33 heavy (non-hydrogen) atoms. The largest absolute Gasteiger partial charge is 0.478 e. The van der Waals surface area contributed by atoms with E-state index in [4.69, 9.17) is 21.4 Å². The minimum absolute atomic E-state index is 0.0704. The van der Waals surface area contributed by atoms with Crippen LogP contribution in [0.1, 0.15) is 29.8 Å². The Kier molecular flexibility index (Phi) is 8.70. The number of benzene rings is 3. The fourth-order valence-corrected chi connectivity index (χ4v) is 2.75. The highest BCUT2D eigenvalue weighted by Crippen LogP contribution is 2.36. The van der Waals surface area contributed by atoms with Gasteiger partial charge in [0.15, 0.2) is 0 Å². The number of amides is 2. The van der Waals surface area contributed by atoms with Crippen molar-refractivity contribution in [1.82, 2.24) is 0 Å². The summed E-state index contributed by atoms with van der Waals surface area (Å²) in [6.45, 7) is 4.00. The lowest BCUT2D eigenvalue weighted by atomic mass is 10.2. The van der Waals surface area contributed by atoms with Crippen LogP contribution >= 0.6 is 11.6 Å². The Bertz CT molecular complexity index is 1100. The smallest absolute Gasteiger partial charge is 0.417 e. The first kappa shape index (κ1) is 25.5. The van der Waals surface area contributed by atoms with E-state index in [1.807, 2.05) is 13.8 Å². The van der Waals surface area contributed by atoms with Crippen molar-refractivity contribution < 1.29 is 32.6 Å². The number of nitrogens with one attached hydrogen (secondary N) is 2. The van der Waals surface area contributed by atoms with Gasteiger partial charge in [-0.2, -0.15) is 13.2 Å². The number of hydrogen-bond donors (Lipinski definition) is 3. The van der Waals surface area contributed by atoms with Gasteiger partial charge < -0.3 is 20.5 Å². The zero-order chi connectivity index (χ0) is 24.6. The van der Waals surface area contributed by atoms with Gasteiger partial charge in [0.2, 0.25) is 0 Å². The minimum Gasteiger partial charge on any atom is -0.478 e. The van der Waals surface area contributed by atoms with Gasteiger partial charge in [0.1, 0.15) is 11.5 Å². The Balaban J connectivity index is 0.00000187. The van der Waals surface area contributed by atoms with E-state index in [1.165, 1.54) is 42.5 Å². The van der Waals surface area contributed by atoms with Crippen LogP contribution in [0.3, 0.4) is 0 Å². The number of carboxylic acids is 1. The average molecular weight is 481 g/mol. The number of ether oxygens (including phenoxy) is 1. The number of urea groups is 1. The minimum atomic E-state index is -4.64. The van der Waals surface area contributed by atoms with Crippen molar-refractivity contribution in [1.29, 1.82) is 0 Å². The molecule has 0 saturated carbocycles. The van der Waals surface area contributed by atoms with Gasteiger partial charge in [-0.05, 0) is 66.7 Å². The number of halogens is 4. The van der Waals surface area contributed by atoms with Crippen molar-refractivity contribution in [2.45, 2.75) is 20.0 Å². The number of carbonyl (C=O) groups excluding carboxylic acids is 1. The molecule has 0 aliphatic rings. The summed E-state index contributed by atoms with van der Waals surface area (Å²) in [4.78, 5) is 22.9. The van der Waals surface area contributed by atoms with E-state index in [1.54, 1.807) is 12.1 Å². The fourth-order valence-electron chi connectivity index (χ4n) is 2.52. The SMILES string of the molecule is CC.O=C(Nc1ccc(Oc2ccc(C(=O)O)cc2)cc1)Nc1ccc(Cl)c(C(F)(F)F)c1. The first-order valence-corrected chi connectivity index (χ1v) is 10.1. The van der Waals surface area contributed by atoms with Crippen LogP contribution < -0.4 is 15.4 Å². The Morgan fingerprint density at radius 2 is 1.33 bits per heavy atom. The summed E-state index contributed by atoms with van der Waals surface area (Å²) in [5.74, 6) is -0.193. The highest BCUT2D eigenvalue weighted by Gasteiger charge is 2.33. The molecule has 0 spiro atoms. The molecule has 3 rings (SSSR count). The lowest BCUT2D eigenvalue weighted by Crippen LogP contribution is -2.19. The van der Waals surface area contributed by atoms with Crippen LogP contribution in [0, 0.1) is 0 Å². The molecule has 0 radical (unpaired) electrons. The van der Waals surface area contributed by atoms with E-state index in [0.717, 1.165) is 12.1 Å². The third-order valence-electron chi connectivity index (χ3n) is 3.98. The van der Waals surface area contributed by atoms with Crippen LogP contribution in [-0.4, -0.2) is 17.1 Å².